The molecule has 0 aliphatic heterocycles. The summed E-state index contributed by atoms with van der Waals surface area (Å²) in [4.78, 5) is 15.9. The molecule has 106 valence electrons. The summed E-state index contributed by atoms with van der Waals surface area (Å²) < 4.78 is 10.9. The Labute approximate surface area is 116 Å². The molecule has 0 bridgehead atoms. The Morgan fingerprint density at radius 1 is 1.42 bits per heavy atom. The predicted molar refractivity (Wildman–Crippen MR) is 78.9 cm³/mol. The third-order valence-electron chi connectivity index (χ3n) is 2.47. The molecule has 0 radical (unpaired) electrons. The van der Waals surface area contributed by atoms with E-state index in [1.54, 1.807) is 18.5 Å². The molecule has 5 nitrogen and oxygen atoms in total. The summed E-state index contributed by atoms with van der Waals surface area (Å²) in [7, 11) is -0.809. The Morgan fingerprint density at radius 3 is 2.89 bits per heavy atom. The molecule has 19 heavy (non-hydrogen) atoms. The van der Waals surface area contributed by atoms with Crippen LogP contribution in [0.5, 0.6) is 0 Å². The van der Waals surface area contributed by atoms with Crippen molar-refractivity contribution >= 4 is 22.4 Å². The normalized spacial score (nSPS) is 11.9. The van der Waals surface area contributed by atoms with Gasteiger partial charge in [-0.25, -0.2) is 0 Å². The fourth-order valence-corrected chi connectivity index (χ4v) is 2.05. The summed E-state index contributed by atoms with van der Waals surface area (Å²) >= 11 is 0. The van der Waals surface area contributed by atoms with Crippen LogP contribution in [0.25, 0.3) is 0 Å². The van der Waals surface area contributed by atoms with Crippen LogP contribution in [0.15, 0.2) is 18.3 Å². The van der Waals surface area contributed by atoms with E-state index in [0.29, 0.717) is 24.4 Å². The van der Waals surface area contributed by atoms with Crippen molar-refractivity contribution in [3.8, 4) is 0 Å². The van der Waals surface area contributed by atoms with E-state index in [2.05, 4.69) is 22.5 Å². The largest absolute Gasteiger partial charge is 0.385 e. The SMILES string of the molecule is CCCNc1ccnc(C(=O)NCCCS(C)=O)c1. The van der Waals surface area contributed by atoms with Gasteiger partial charge in [-0.3, -0.25) is 14.0 Å². The lowest BCUT2D eigenvalue weighted by Crippen LogP contribution is -2.26. The molecule has 6 heteroatoms. The van der Waals surface area contributed by atoms with Gasteiger partial charge in [0.25, 0.3) is 5.91 Å². The van der Waals surface area contributed by atoms with Crippen molar-refractivity contribution in [3.63, 3.8) is 0 Å². The molecule has 0 saturated carbocycles. The van der Waals surface area contributed by atoms with Crippen LogP contribution in [0.3, 0.4) is 0 Å². The van der Waals surface area contributed by atoms with Crippen molar-refractivity contribution in [2.45, 2.75) is 19.8 Å². The van der Waals surface area contributed by atoms with E-state index in [4.69, 9.17) is 0 Å². The Balaban J connectivity index is 2.45. The summed E-state index contributed by atoms with van der Waals surface area (Å²) in [6.45, 7) is 3.47. The maximum atomic E-state index is 11.8. The Bertz CT molecular complexity index is 438. The number of nitrogens with one attached hydrogen (secondary N) is 2. The first kappa shape index (κ1) is 15.6. The summed E-state index contributed by atoms with van der Waals surface area (Å²) in [5.74, 6) is 0.410. The van der Waals surface area contributed by atoms with Crippen LogP contribution in [-0.2, 0) is 10.8 Å². The van der Waals surface area contributed by atoms with Gasteiger partial charge in [-0.1, -0.05) is 6.92 Å². The van der Waals surface area contributed by atoms with Crippen LogP contribution >= 0.6 is 0 Å². The third-order valence-corrected chi connectivity index (χ3v) is 3.33. The zero-order valence-electron chi connectivity index (χ0n) is 11.4. The molecule has 1 rings (SSSR count). The highest BCUT2D eigenvalue weighted by atomic mass is 32.2. The van der Waals surface area contributed by atoms with Gasteiger partial charge >= 0.3 is 0 Å². The monoisotopic (exact) mass is 283 g/mol. The Kier molecular flexibility index (Phi) is 7.10. The quantitative estimate of drug-likeness (QED) is 0.708. The molecule has 1 amide bonds. The van der Waals surface area contributed by atoms with Crippen LogP contribution in [0.1, 0.15) is 30.3 Å². The number of amides is 1. The number of carbonyl (C=O) groups is 1. The smallest absolute Gasteiger partial charge is 0.269 e. The van der Waals surface area contributed by atoms with E-state index >= 15 is 0 Å². The van der Waals surface area contributed by atoms with Gasteiger partial charge in [-0.2, -0.15) is 0 Å². The minimum absolute atomic E-state index is 0.193. The average Bonchev–Trinajstić information content (AvgIpc) is 2.41. The molecule has 1 aromatic rings. The molecule has 1 unspecified atom stereocenters. The first-order valence-electron chi connectivity index (χ1n) is 6.41. The van der Waals surface area contributed by atoms with Crippen LogP contribution in [-0.4, -0.2) is 40.2 Å². The zero-order chi connectivity index (χ0) is 14.1. The molecule has 1 heterocycles. The highest BCUT2D eigenvalue weighted by molar-refractivity contribution is 7.84. The molecule has 0 fully saturated rings. The Hall–Kier alpha value is -1.43. The molecule has 1 atom stereocenters. The number of nitrogens with zero attached hydrogens (tertiary/aromatic N) is 1. The first-order chi connectivity index (χ1) is 9.13. The molecule has 0 aliphatic rings. The van der Waals surface area contributed by atoms with Crippen molar-refractivity contribution in [2.75, 3.05) is 30.4 Å². The standard InChI is InChI=1S/C13H21N3O2S/c1-3-6-14-11-5-8-15-12(10-11)13(17)16-7-4-9-19(2)18/h5,8,10H,3-4,6-7,9H2,1-2H3,(H,14,15)(H,16,17). The van der Waals surface area contributed by atoms with Crippen molar-refractivity contribution in [1.82, 2.24) is 10.3 Å². The van der Waals surface area contributed by atoms with Gasteiger partial charge in [-0.05, 0) is 25.0 Å². The minimum Gasteiger partial charge on any atom is -0.385 e. The summed E-state index contributed by atoms with van der Waals surface area (Å²) in [6, 6.07) is 3.58. The number of hydrogen-bond donors (Lipinski definition) is 2. The van der Waals surface area contributed by atoms with Crippen molar-refractivity contribution in [1.29, 1.82) is 0 Å². The van der Waals surface area contributed by atoms with Gasteiger partial charge in [0.1, 0.15) is 5.69 Å². The number of rotatable bonds is 8. The van der Waals surface area contributed by atoms with Crippen molar-refractivity contribution in [2.24, 2.45) is 0 Å². The number of carbonyl (C=O) groups excluding carboxylic acids is 1. The minimum atomic E-state index is -0.809. The number of anilines is 1. The van der Waals surface area contributed by atoms with Gasteiger partial charge in [0.05, 0.1) is 0 Å². The second kappa shape index (κ2) is 8.63. The molecule has 0 saturated heterocycles. The third kappa shape index (κ3) is 6.33. The van der Waals surface area contributed by atoms with Gasteiger partial charge < -0.3 is 10.6 Å². The lowest BCUT2D eigenvalue weighted by molar-refractivity contribution is 0.0949. The topological polar surface area (TPSA) is 71.1 Å². The predicted octanol–water partition coefficient (Wildman–Crippen LogP) is 1.40. The second-order valence-corrected chi connectivity index (χ2v) is 5.80. The molecule has 0 aromatic carbocycles. The van der Waals surface area contributed by atoms with Crippen LogP contribution in [0.2, 0.25) is 0 Å². The highest BCUT2D eigenvalue weighted by Crippen LogP contribution is 2.07. The molecule has 0 spiro atoms. The molecule has 2 N–H and O–H groups in total. The summed E-state index contributed by atoms with van der Waals surface area (Å²) in [5, 5.41) is 5.99. The lowest BCUT2D eigenvalue weighted by Gasteiger charge is -2.07. The van der Waals surface area contributed by atoms with Gasteiger partial charge in [0.15, 0.2) is 0 Å². The number of hydrogen-bond acceptors (Lipinski definition) is 4. The van der Waals surface area contributed by atoms with E-state index in [1.807, 2.05) is 6.07 Å². The Morgan fingerprint density at radius 2 is 2.21 bits per heavy atom. The second-order valence-electron chi connectivity index (χ2n) is 4.24. The summed E-state index contributed by atoms with van der Waals surface area (Å²) in [5.41, 5.74) is 1.30. The molecular weight excluding hydrogens is 262 g/mol. The van der Waals surface area contributed by atoms with E-state index in [9.17, 15) is 9.00 Å². The lowest BCUT2D eigenvalue weighted by atomic mass is 10.3. The van der Waals surface area contributed by atoms with Gasteiger partial charge in [0.2, 0.25) is 0 Å². The molecule has 0 aliphatic carbocycles. The fourth-order valence-electron chi connectivity index (χ4n) is 1.50. The zero-order valence-corrected chi connectivity index (χ0v) is 12.3. The maximum Gasteiger partial charge on any atom is 0.269 e. The van der Waals surface area contributed by atoms with Crippen molar-refractivity contribution in [3.05, 3.63) is 24.0 Å². The van der Waals surface area contributed by atoms with Gasteiger partial charge in [-0.15, -0.1) is 0 Å². The van der Waals surface area contributed by atoms with E-state index in [1.165, 1.54) is 0 Å². The van der Waals surface area contributed by atoms with Crippen LogP contribution in [0, 0.1) is 0 Å². The maximum absolute atomic E-state index is 11.8. The number of pyridine rings is 1. The van der Waals surface area contributed by atoms with E-state index < -0.39 is 10.8 Å². The average molecular weight is 283 g/mol. The first-order valence-corrected chi connectivity index (χ1v) is 8.14. The molecule has 1 aromatic heterocycles. The highest BCUT2D eigenvalue weighted by Gasteiger charge is 2.07. The fraction of sp³-hybridized carbons (Fsp3) is 0.538. The van der Waals surface area contributed by atoms with E-state index in [-0.39, 0.29) is 5.91 Å². The van der Waals surface area contributed by atoms with Crippen LogP contribution in [0.4, 0.5) is 5.69 Å². The van der Waals surface area contributed by atoms with Crippen LogP contribution < -0.4 is 10.6 Å². The van der Waals surface area contributed by atoms with E-state index in [0.717, 1.165) is 18.7 Å². The summed E-state index contributed by atoms with van der Waals surface area (Å²) in [6.07, 6.45) is 5.01. The van der Waals surface area contributed by atoms with Crippen molar-refractivity contribution < 1.29 is 9.00 Å². The molecular formula is C13H21N3O2S. The number of aromatic nitrogens is 1. The van der Waals surface area contributed by atoms with Gasteiger partial charge in [0, 0.05) is 47.8 Å².